The molecule has 0 aromatic rings. The lowest BCUT2D eigenvalue weighted by Crippen LogP contribution is -2.34. The van der Waals surface area contributed by atoms with E-state index in [0.717, 1.165) is 13.0 Å². The second-order valence-corrected chi connectivity index (χ2v) is 3.51. The van der Waals surface area contributed by atoms with E-state index in [1.807, 2.05) is 6.08 Å². The summed E-state index contributed by atoms with van der Waals surface area (Å²) in [4.78, 5) is 0. The first-order valence-corrected chi connectivity index (χ1v) is 4.83. The molecule has 1 fully saturated rings. The Hall–Kier alpha value is -0.340. The molecular formula is C10H19NO. The molecule has 2 N–H and O–H groups in total. The minimum absolute atomic E-state index is 0.339. The molecule has 0 aliphatic heterocycles. The topological polar surface area (TPSA) is 32.3 Å². The van der Waals surface area contributed by atoms with Gasteiger partial charge < -0.3 is 10.4 Å². The monoisotopic (exact) mass is 169 g/mol. The zero-order valence-electron chi connectivity index (χ0n) is 7.63. The molecule has 2 nitrogen and oxygen atoms in total. The minimum Gasteiger partial charge on any atom is -0.396 e. The molecule has 0 aromatic heterocycles. The molecule has 2 heteroatoms. The van der Waals surface area contributed by atoms with Crippen molar-refractivity contribution in [3.8, 4) is 0 Å². The summed E-state index contributed by atoms with van der Waals surface area (Å²) in [6, 6.07) is 0.551. The molecule has 0 saturated heterocycles. The van der Waals surface area contributed by atoms with Crippen molar-refractivity contribution >= 4 is 0 Å². The van der Waals surface area contributed by atoms with Crippen molar-refractivity contribution in [3.05, 3.63) is 12.7 Å². The van der Waals surface area contributed by atoms with Crippen LogP contribution in [0.1, 0.15) is 25.7 Å². The Balaban J connectivity index is 2.16. The van der Waals surface area contributed by atoms with E-state index in [1.54, 1.807) is 0 Å². The minimum atomic E-state index is 0.339. The van der Waals surface area contributed by atoms with E-state index in [1.165, 1.54) is 19.3 Å². The first kappa shape index (κ1) is 9.75. The smallest absolute Gasteiger partial charge is 0.0474 e. The molecule has 0 radical (unpaired) electrons. The van der Waals surface area contributed by atoms with Gasteiger partial charge in [-0.1, -0.05) is 12.5 Å². The van der Waals surface area contributed by atoms with Crippen LogP contribution in [0.5, 0.6) is 0 Å². The number of hydrogen-bond acceptors (Lipinski definition) is 2. The Kier molecular flexibility index (Phi) is 4.33. The van der Waals surface area contributed by atoms with Gasteiger partial charge in [0.2, 0.25) is 0 Å². The third kappa shape index (κ3) is 2.61. The van der Waals surface area contributed by atoms with Crippen molar-refractivity contribution in [3.63, 3.8) is 0 Å². The van der Waals surface area contributed by atoms with Crippen LogP contribution in [0, 0.1) is 5.92 Å². The lowest BCUT2D eigenvalue weighted by Gasteiger charge is -2.18. The van der Waals surface area contributed by atoms with Crippen molar-refractivity contribution in [2.24, 2.45) is 5.92 Å². The Morgan fingerprint density at radius 2 is 2.33 bits per heavy atom. The van der Waals surface area contributed by atoms with Crippen LogP contribution in [-0.2, 0) is 0 Å². The molecule has 2 unspecified atom stereocenters. The zero-order chi connectivity index (χ0) is 8.81. The lowest BCUT2D eigenvalue weighted by atomic mass is 10.1. The van der Waals surface area contributed by atoms with Gasteiger partial charge in [-0.2, -0.15) is 0 Å². The van der Waals surface area contributed by atoms with Crippen molar-refractivity contribution < 1.29 is 5.11 Å². The summed E-state index contributed by atoms with van der Waals surface area (Å²) in [5, 5.41) is 12.5. The van der Waals surface area contributed by atoms with Crippen molar-refractivity contribution in [1.29, 1.82) is 0 Å². The van der Waals surface area contributed by atoms with Gasteiger partial charge >= 0.3 is 0 Å². The molecule has 1 aliphatic rings. The highest BCUT2D eigenvalue weighted by atomic mass is 16.3. The average Bonchev–Trinajstić information content (AvgIpc) is 2.52. The molecule has 1 rings (SSSR count). The maximum atomic E-state index is 9.03. The van der Waals surface area contributed by atoms with Crippen molar-refractivity contribution in [1.82, 2.24) is 5.32 Å². The van der Waals surface area contributed by atoms with E-state index < -0.39 is 0 Å². The quantitative estimate of drug-likeness (QED) is 0.480. The van der Waals surface area contributed by atoms with Gasteiger partial charge in [0.25, 0.3) is 0 Å². The van der Waals surface area contributed by atoms with Crippen LogP contribution in [0.15, 0.2) is 12.7 Å². The first-order chi connectivity index (χ1) is 5.88. The highest BCUT2D eigenvalue weighted by Gasteiger charge is 2.25. The Morgan fingerprint density at radius 3 is 3.00 bits per heavy atom. The average molecular weight is 169 g/mol. The molecular weight excluding hydrogens is 150 g/mol. The van der Waals surface area contributed by atoms with E-state index in [0.29, 0.717) is 18.6 Å². The fraction of sp³-hybridized carbons (Fsp3) is 0.800. The van der Waals surface area contributed by atoms with Gasteiger partial charge in [-0.25, -0.2) is 0 Å². The maximum absolute atomic E-state index is 9.03. The maximum Gasteiger partial charge on any atom is 0.0474 e. The summed E-state index contributed by atoms with van der Waals surface area (Å²) in [6.07, 6.45) is 6.62. The Morgan fingerprint density at radius 1 is 1.50 bits per heavy atom. The second kappa shape index (κ2) is 5.33. The third-order valence-corrected chi connectivity index (χ3v) is 2.65. The highest BCUT2D eigenvalue weighted by Crippen LogP contribution is 2.24. The van der Waals surface area contributed by atoms with Gasteiger partial charge in [-0.05, 0) is 31.7 Å². The summed E-state index contributed by atoms with van der Waals surface area (Å²) >= 11 is 0. The number of aliphatic hydroxyl groups is 1. The molecule has 2 atom stereocenters. The van der Waals surface area contributed by atoms with E-state index in [2.05, 4.69) is 11.9 Å². The Labute approximate surface area is 74.7 Å². The molecule has 0 bridgehead atoms. The van der Waals surface area contributed by atoms with E-state index >= 15 is 0 Å². The molecule has 1 saturated carbocycles. The van der Waals surface area contributed by atoms with Gasteiger partial charge in [0, 0.05) is 12.6 Å². The van der Waals surface area contributed by atoms with Gasteiger partial charge in [0.1, 0.15) is 0 Å². The lowest BCUT2D eigenvalue weighted by molar-refractivity contribution is 0.206. The first-order valence-electron chi connectivity index (χ1n) is 4.83. The SMILES string of the molecule is C=CCCNC1CCCC1CO. The normalized spacial score (nSPS) is 29.1. The van der Waals surface area contributed by atoms with Crippen molar-refractivity contribution in [2.45, 2.75) is 31.7 Å². The standard InChI is InChI=1S/C10H19NO/c1-2-3-7-11-10-6-4-5-9(10)8-12/h2,9-12H,1,3-8H2. The van der Waals surface area contributed by atoms with E-state index in [-0.39, 0.29) is 0 Å². The molecule has 0 aromatic carbocycles. The Bertz CT molecular complexity index is 136. The number of nitrogens with one attached hydrogen (secondary N) is 1. The van der Waals surface area contributed by atoms with Crippen LogP contribution < -0.4 is 5.32 Å². The highest BCUT2D eigenvalue weighted by molar-refractivity contribution is 4.83. The van der Waals surface area contributed by atoms with Gasteiger partial charge in [-0.15, -0.1) is 6.58 Å². The van der Waals surface area contributed by atoms with Crippen LogP contribution in [0.25, 0.3) is 0 Å². The predicted molar refractivity (Wildman–Crippen MR) is 51.0 cm³/mol. The van der Waals surface area contributed by atoms with E-state index in [4.69, 9.17) is 5.11 Å². The van der Waals surface area contributed by atoms with E-state index in [9.17, 15) is 0 Å². The van der Waals surface area contributed by atoms with Gasteiger partial charge in [-0.3, -0.25) is 0 Å². The number of rotatable bonds is 5. The molecule has 70 valence electrons. The fourth-order valence-electron chi connectivity index (χ4n) is 1.89. The summed E-state index contributed by atoms with van der Waals surface area (Å²) in [5.74, 6) is 0.495. The summed E-state index contributed by atoms with van der Waals surface area (Å²) in [7, 11) is 0. The van der Waals surface area contributed by atoms with Crippen LogP contribution in [0.3, 0.4) is 0 Å². The van der Waals surface area contributed by atoms with Crippen LogP contribution >= 0.6 is 0 Å². The summed E-state index contributed by atoms with van der Waals surface area (Å²) in [6.45, 7) is 5.02. The van der Waals surface area contributed by atoms with Crippen LogP contribution in [-0.4, -0.2) is 24.3 Å². The van der Waals surface area contributed by atoms with Gasteiger partial charge in [0.05, 0.1) is 0 Å². The largest absolute Gasteiger partial charge is 0.396 e. The fourth-order valence-corrected chi connectivity index (χ4v) is 1.89. The molecule has 12 heavy (non-hydrogen) atoms. The van der Waals surface area contributed by atoms with Crippen LogP contribution in [0.4, 0.5) is 0 Å². The molecule has 1 aliphatic carbocycles. The zero-order valence-corrected chi connectivity index (χ0v) is 7.63. The number of hydrogen-bond donors (Lipinski definition) is 2. The molecule has 0 amide bonds. The summed E-state index contributed by atoms with van der Waals surface area (Å²) < 4.78 is 0. The van der Waals surface area contributed by atoms with Crippen molar-refractivity contribution in [2.75, 3.05) is 13.2 Å². The number of aliphatic hydroxyl groups excluding tert-OH is 1. The van der Waals surface area contributed by atoms with Gasteiger partial charge in [0.15, 0.2) is 0 Å². The molecule has 0 spiro atoms. The third-order valence-electron chi connectivity index (χ3n) is 2.65. The predicted octanol–water partition coefficient (Wildman–Crippen LogP) is 1.31. The van der Waals surface area contributed by atoms with Crippen LogP contribution in [0.2, 0.25) is 0 Å². The molecule has 0 heterocycles. The summed E-state index contributed by atoms with van der Waals surface area (Å²) in [5.41, 5.74) is 0. The second-order valence-electron chi connectivity index (χ2n) is 3.51.